The minimum Gasteiger partial charge on any atom is -0.409 e. The molecule has 0 radical (unpaired) electrons. The van der Waals surface area contributed by atoms with E-state index in [0.29, 0.717) is 6.54 Å². The Bertz CT molecular complexity index is 202. The lowest BCUT2D eigenvalue weighted by molar-refractivity contribution is 0.314. The third-order valence-corrected chi connectivity index (χ3v) is 1.49. The van der Waals surface area contributed by atoms with Gasteiger partial charge >= 0.3 is 0 Å². The molecular weight excluding hydrogens is 154 g/mol. The van der Waals surface area contributed by atoms with E-state index in [0.717, 1.165) is 6.42 Å². The monoisotopic (exact) mass is 169 g/mol. The van der Waals surface area contributed by atoms with E-state index >= 15 is 0 Å². The summed E-state index contributed by atoms with van der Waals surface area (Å²) in [5.74, 6) is 5.79. The second-order valence-corrected chi connectivity index (χ2v) is 2.29. The van der Waals surface area contributed by atoms with E-state index in [9.17, 15) is 0 Å². The van der Waals surface area contributed by atoms with Crippen LogP contribution in [-0.2, 0) is 0 Å². The molecule has 0 rings (SSSR count). The maximum atomic E-state index is 8.38. The number of oxime groups is 1. The lowest BCUT2D eigenvalue weighted by Gasteiger charge is -2.12. The Morgan fingerprint density at radius 2 is 2.42 bits per heavy atom. The van der Waals surface area contributed by atoms with Crippen LogP contribution in [0.3, 0.4) is 0 Å². The topological polar surface area (TPSA) is 70.6 Å². The first-order valence-corrected chi connectivity index (χ1v) is 3.86. The van der Waals surface area contributed by atoms with Crippen LogP contribution in [0, 0.1) is 11.8 Å². The van der Waals surface area contributed by atoms with Crippen LogP contribution < -0.4 is 11.1 Å². The molecule has 4 heteroatoms. The molecule has 0 aliphatic rings. The van der Waals surface area contributed by atoms with Crippen molar-refractivity contribution in [2.24, 2.45) is 10.9 Å². The predicted molar refractivity (Wildman–Crippen MR) is 48.9 cm³/mol. The highest BCUT2D eigenvalue weighted by Crippen LogP contribution is 1.89. The van der Waals surface area contributed by atoms with Gasteiger partial charge in [0.05, 0.1) is 12.6 Å². The molecule has 0 aliphatic heterocycles. The van der Waals surface area contributed by atoms with Gasteiger partial charge in [-0.1, -0.05) is 18.0 Å². The number of rotatable bonds is 4. The van der Waals surface area contributed by atoms with E-state index in [1.54, 1.807) is 6.92 Å². The molecule has 0 saturated carbocycles. The lowest BCUT2D eigenvalue weighted by atomic mass is 10.2. The molecule has 1 unspecified atom stereocenters. The maximum Gasteiger partial charge on any atom is 0.156 e. The molecule has 1 atom stereocenters. The summed E-state index contributed by atoms with van der Waals surface area (Å²) in [5, 5.41) is 14.3. The minimum absolute atomic E-state index is 0.0872. The van der Waals surface area contributed by atoms with Crippen molar-refractivity contribution >= 4 is 5.84 Å². The van der Waals surface area contributed by atoms with Gasteiger partial charge in [-0.25, -0.2) is 0 Å². The normalized spacial score (nSPS) is 13.3. The van der Waals surface area contributed by atoms with Crippen molar-refractivity contribution in [1.82, 2.24) is 5.32 Å². The van der Waals surface area contributed by atoms with Gasteiger partial charge in [-0.3, -0.25) is 5.32 Å². The summed E-state index contributed by atoms with van der Waals surface area (Å²) in [5.41, 5.74) is 5.40. The van der Waals surface area contributed by atoms with Gasteiger partial charge in [0.2, 0.25) is 0 Å². The van der Waals surface area contributed by atoms with Crippen molar-refractivity contribution in [3.05, 3.63) is 0 Å². The van der Waals surface area contributed by atoms with Gasteiger partial charge in [0.1, 0.15) is 0 Å². The maximum absolute atomic E-state index is 8.38. The highest BCUT2D eigenvalue weighted by Gasteiger charge is 2.08. The van der Waals surface area contributed by atoms with Gasteiger partial charge in [0.25, 0.3) is 0 Å². The van der Waals surface area contributed by atoms with Crippen LogP contribution in [0.4, 0.5) is 0 Å². The number of nitrogens with zero attached hydrogens (tertiary/aromatic N) is 1. The third-order valence-electron chi connectivity index (χ3n) is 1.49. The molecule has 4 nitrogen and oxygen atoms in total. The van der Waals surface area contributed by atoms with Gasteiger partial charge < -0.3 is 10.9 Å². The second-order valence-electron chi connectivity index (χ2n) is 2.29. The van der Waals surface area contributed by atoms with E-state index in [1.807, 2.05) is 6.92 Å². The Hall–Kier alpha value is -1.21. The molecule has 12 heavy (non-hydrogen) atoms. The van der Waals surface area contributed by atoms with Crippen LogP contribution in [0.5, 0.6) is 0 Å². The van der Waals surface area contributed by atoms with Crippen LogP contribution in [0.1, 0.15) is 20.3 Å². The number of nitrogens with two attached hydrogens (primary N) is 1. The summed E-state index contributed by atoms with van der Waals surface area (Å²) in [4.78, 5) is 0. The number of hydrogen-bond donors (Lipinski definition) is 3. The van der Waals surface area contributed by atoms with E-state index in [1.165, 1.54) is 0 Å². The van der Waals surface area contributed by atoms with Crippen molar-refractivity contribution in [3.8, 4) is 11.8 Å². The zero-order valence-corrected chi connectivity index (χ0v) is 7.46. The van der Waals surface area contributed by atoms with Gasteiger partial charge in [0, 0.05) is 0 Å². The van der Waals surface area contributed by atoms with Crippen molar-refractivity contribution < 1.29 is 5.21 Å². The first-order chi connectivity index (χ1) is 5.76. The summed E-state index contributed by atoms with van der Waals surface area (Å²) in [6.07, 6.45) is 0.779. The van der Waals surface area contributed by atoms with E-state index in [4.69, 9.17) is 10.9 Å². The number of nitrogens with one attached hydrogen (secondary N) is 1. The number of hydrogen-bond acceptors (Lipinski definition) is 3. The standard InChI is InChI=1S/C8H15N3O/c1-3-5-6-10-7(4-2)8(9)11-12/h7,10,12H,4,6H2,1-2H3,(H2,9,11). The van der Waals surface area contributed by atoms with Gasteiger partial charge in [-0.2, -0.15) is 0 Å². The first-order valence-electron chi connectivity index (χ1n) is 3.86. The molecule has 0 saturated heterocycles. The van der Waals surface area contributed by atoms with Crippen LogP contribution in [0.2, 0.25) is 0 Å². The molecule has 0 aromatic rings. The fourth-order valence-electron chi connectivity index (χ4n) is 0.790. The molecule has 0 aliphatic carbocycles. The predicted octanol–water partition coefficient (Wildman–Crippen LogP) is 0.124. The zero-order valence-electron chi connectivity index (χ0n) is 7.46. The van der Waals surface area contributed by atoms with Crippen molar-refractivity contribution in [2.75, 3.05) is 6.54 Å². The summed E-state index contributed by atoms with van der Waals surface area (Å²) in [6.45, 7) is 4.28. The molecule has 0 amide bonds. The molecule has 0 aromatic heterocycles. The summed E-state index contributed by atoms with van der Waals surface area (Å²) in [6, 6.07) is -0.0872. The molecule has 0 aromatic carbocycles. The van der Waals surface area contributed by atoms with E-state index in [-0.39, 0.29) is 11.9 Å². The quantitative estimate of drug-likeness (QED) is 0.184. The number of amidine groups is 1. The Kier molecular flexibility index (Phi) is 5.84. The summed E-state index contributed by atoms with van der Waals surface area (Å²) in [7, 11) is 0. The van der Waals surface area contributed by atoms with Gasteiger partial charge in [-0.15, -0.1) is 5.92 Å². The fourth-order valence-corrected chi connectivity index (χ4v) is 0.790. The highest BCUT2D eigenvalue weighted by molar-refractivity contribution is 5.85. The summed E-state index contributed by atoms with van der Waals surface area (Å²) >= 11 is 0. The van der Waals surface area contributed by atoms with Gasteiger partial charge in [0.15, 0.2) is 5.84 Å². The zero-order chi connectivity index (χ0) is 9.40. The Labute approximate surface area is 72.8 Å². The largest absolute Gasteiger partial charge is 0.409 e. The first kappa shape index (κ1) is 10.8. The molecule has 0 heterocycles. The lowest BCUT2D eigenvalue weighted by Crippen LogP contribution is -2.41. The smallest absolute Gasteiger partial charge is 0.156 e. The Morgan fingerprint density at radius 3 is 2.83 bits per heavy atom. The van der Waals surface area contributed by atoms with Crippen LogP contribution in [-0.4, -0.2) is 23.6 Å². The van der Waals surface area contributed by atoms with Gasteiger partial charge in [-0.05, 0) is 13.3 Å². The van der Waals surface area contributed by atoms with Crippen LogP contribution in [0.15, 0.2) is 5.16 Å². The van der Waals surface area contributed by atoms with Crippen molar-refractivity contribution in [2.45, 2.75) is 26.3 Å². The Balaban J connectivity index is 3.89. The average Bonchev–Trinajstić information content (AvgIpc) is 2.11. The molecule has 68 valence electrons. The summed E-state index contributed by atoms with van der Waals surface area (Å²) < 4.78 is 0. The Morgan fingerprint density at radius 1 is 1.75 bits per heavy atom. The fraction of sp³-hybridized carbons (Fsp3) is 0.625. The third kappa shape index (κ3) is 3.84. The molecule has 0 bridgehead atoms. The van der Waals surface area contributed by atoms with Crippen molar-refractivity contribution in [1.29, 1.82) is 0 Å². The molecule has 4 N–H and O–H groups in total. The molecular formula is C8H15N3O. The second kappa shape index (κ2) is 6.50. The van der Waals surface area contributed by atoms with Crippen LogP contribution >= 0.6 is 0 Å². The van der Waals surface area contributed by atoms with Crippen molar-refractivity contribution in [3.63, 3.8) is 0 Å². The minimum atomic E-state index is -0.0872. The SMILES string of the molecule is CC#CCNC(CC)C(N)=NO. The molecule has 0 fully saturated rings. The average molecular weight is 169 g/mol. The van der Waals surface area contributed by atoms with E-state index in [2.05, 4.69) is 22.3 Å². The van der Waals surface area contributed by atoms with Crippen LogP contribution in [0.25, 0.3) is 0 Å². The van der Waals surface area contributed by atoms with E-state index < -0.39 is 0 Å². The highest BCUT2D eigenvalue weighted by atomic mass is 16.4. The molecule has 0 spiro atoms.